The van der Waals surface area contributed by atoms with Crippen LogP contribution < -0.4 is 10.1 Å². The molecule has 1 aromatic heterocycles. The van der Waals surface area contributed by atoms with Crippen LogP contribution in [-0.2, 0) is 6.54 Å². The molecule has 8 heteroatoms. The SMILES string of the molecule is N#Cc1cc(Cl)cc(Oc2c(Cl)ccc(CNC(=O)c3ccncc3)c2F)c1. The van der Waals surface area contributed by atoms with Crippen LogP contribution in [0.25, 0.3) is 0 Å². The van der Waals surface area contributed by atoms with Gasteiger partial charge < -0.3 is 10.1 Å². The fourth-order valence-electron chi connectivity index (χ4n) is 2.39. The lowest BCUT2D eigenvalue weighted by molar-refractivity contribution is 0.0950. The highest BCUT2D eigenvalue weighted by Gasteiger charge is 2.16. The molecule has 1 heterocycles. The fourth-order valence-corrected chi connectivity index (χ4v) is 2.80. The number of pyridine rings is 1. The number of nitrogens with one attached hydrogen (secondary N) is 1. The molecule has 0 aliphatic rings. The Labute approximate surface area is 170 Å². The molecule has 0 saturated heterocycles. The smallest absolute Gasteiger partial charge is 0.251 e. The van der Waals surface area contributed by atoms with Crippen molar-refractivity contribution >= 4 is 29.1 Å². The Kier molecular flexibility index (Phi) is 6.09. The first kappa shape index (κ1) is 19.6. The summed E-state index contributed by atoms with van der Waals surface area (Å²) >= 11 is 12.0. The highest BCUT2D eigenvalue weighted by Crippen LogP contribution is 2.35. The second-order valence-electron chi connectivity index (χ2n) is 5.66. The van der Waals surface area contributed by atoms with Crippen LogP contribution in [0.4, 0.5) is 4.39 Å². The second-order valence-corrected chi connectivity index (χ2v) is 6.50. The van der Waals surface area contributed by atoms with E-state index in [0.29, 0.717) is 5.56 Å². The molecular weight excluding hydrogens is 404 g/mol. The third-order valence-corrected chi connectivity index (χ3v) is 4.25. The Balaban J connectivity index is 1.81. The molecule has 2 aromatic carbocycles. The maximum atomic E-state index is 14.9. The van der Waals surface area contributed by atoms with E-state index < -0.39 is 5.82 Å². The van der Waals surface area contributed by atoms with Crippen LogP contribution in [0.2, 0.25) is 10.0 Å². The van der Waals surface area contributed by atoms with E-state index in [9.17, 15) is 9.18 Å². The van der Waals surface area contributed by atoms with Crippen LogP contribution in [0.1, 0.15) is 21.5 Å². The summed E-state index contributed by atoms with van der Waals surface area (Å²) in [6.45, 7) is -0.0699. The highest BCUT2D eigenvalue weighted by atomic mass is 35.5. The molecule has 0 fully saturated rings. The molecule has 0 saturated carbocycles. The van der Waals surface area contributed by atoms with E-state index in [1.807, 2.05) is 6.07 Å². The maximum Gasteiger partial charge on any atom is 0.251 e. The Morgan fingerprint density at radius 2 is 1.93 bits per heavy atom. The number of nitriles is 1. The van der Waals surface area contributed by atoms with Gasteiger partial charge in [-0.1, -0.05) is 29.3 Å². The van der Waals surface area contributed by atoms with Gasteiger partial charge >= 0.3 is 0 Å². The summed E-state index contributed by atoms with van der Waals surface area (Å²) in [5, 5.41) is 11.9. The van der Waals surface area contributed by atoms with Crippen molar-refractivity contribution in [2.45, 2.75) is 6.54 Å². The van der Waals surface area contributed by atoms with Gasteiger partial charge in [0, 0.05) is 35.1 Å². The lowest BCUT2D eigenvalue weighted by Gasteiger charge is -2.13. The van der Waals surface area contributed by atoms with Gasteiger partial charge in [-0.15, -0.1) is 0 Å². The lowest BCUT2D eigenvalue weighted by Crippen LogP contribution is -2.23. The lowest BCUT2D eigenvalue weighted by atomic mass is 10.1. The number of hydrogen-bond donors (Lipinski definition) is 1. The van der Waals surface area contributed by atoms with Crippen molar-refractivity contribution in [2.75, 3.05) is 0 Å². The van der Waals surface area contributed by atoms with Crippen molar-refractivity contribution in [1.82, 2.24) is 10.3 Å². The summed E-state index contributed by atoms with van der Waals surface area (Å²) in [6, 6.07) is 12.3. The number of ether oxygens (including phenoxy) is 1. The number of benzene rings is 2. The fraction of sp³-hybridized carbons (Fsp3) is 0.0500. The number of rotatable bonds is 5. The van der Waals surface area contributed by atoms with Gasteiger partial charge in [0.1, 0.15) is 5.75 Å². The van der Waals surface area contributed by atoms with Gasteiger partial charge in [-0.25, -0.2) is 4.39 Å². The molecule has 0 bridgehead atoms. The summed E-state index contributed by atoms with van der Waals surface area (Å²) < 4.78 is 20.4. The van der Waals surface area contributed by atoms with E-state index in [2.05, 4.69) is 10.3 Å². The number of carbonyl (C=O) groups excluding carboxylic acids is 1. The minimum atomic E-state index is -0.721. The molecule has 140 valence electrons. The molecule has 0 aliphatic carbocycles. The van der Waals surface area contributed by atoms with Crippen molar-refractivity contribution in [3.05, 3.63) is 87.4 Å². The van der Waals surface area contributed by atoms with Crippen LogP contribution in [0, 0.1) is 17.1 Å². The van der Waals surface area contributed by atoms with Gasteiger partial charge in [0.05, 0.1) is 16.7 Å². The van der Waals surface area contributed by atoms with Crippen LogP contribution in [0.15, 0.2) is 54.9 Å². The molecule has 1 N–H and O–H groups in total. The van der Waals surface area contributed by atoms with Gasteiger partial charge in [-0.05, 0) is 36.4 Å². The number of amides is 1. The first-order valence-corrected chi connectivity index (χ1v) is 8.77. The van der Waals surface area contributed by atoms with E-state index in [1.54, 1.807) is 12.1 Å². The van der Waals surface area contributed by atoms with E-state index in [0.717, 1.165) is 0 Å². The Hall–Kier alpha value is -3.14. The van der Waals surface area contributed by atoms with Crippen molar-refractivity contribution in [2.24, 2.45) is 0 Å². The zero-order valence-corrected chi connectivity index (χ0v) is 15.8. The largest absolute Gasteiger partial charge is 0.453 e. The van der Waals surface area contributed by atoms with Gasteiger partial charge in [-0.3, -0.25) is 9.78 Å². The van der Waals surface area contributed by atoms with Crippen LogP contribution in [-0.4, -0.2) is 10.9 Å². The predicted octanol–water partition coefficient (Wildman–Crippen LogP) is 5.12. The number of halogens is 3. The van der Waals surface area contributed by atoms with Crippen LogP contribution in [0.3, 0.4) is 0 Å². The standard InChI is InChI=1S/C20H12Cl2FN3O2/c21-15-7-12(10-24)8-16(9-15)28-19-17(22)2-1-14(18(19)23)11-26-20(27)13-3-5-25-6-4-13/h1-9H,11H2,(H,26,27). The van der Waals surface area contributed by atoms with Crippen LogP contribution >= 0.6 is 23.2 Å². The third kappa shape index (κ3) is 4.58. The van der Waals surface area contributed by atoms with Crippen molar-refractivity contribution < 1.29 is 13.9 Å². The van der Waals surface area contributed by atoms with Crippen LogP contribution in [0.5, 0.6) is 11.5 Å². The highest BCUT2D eigenvalue weighted by molar-refractivity contribution is 6.32. The minimum absolute atomic E-state index is 0.0418. The molecule has 1 amide bonds. The summed E-state index contributed by atoms with van der Waals surface area (Å²) in [5.74, 6) is -1.14. The average Bonchev–Trinajstić information content (AvgIpc) is 2.70. The topological polar surface area (TPSA) is 75.0 Å². The van der Waals surface area contributed by atoms with Gasteiger partial charge in [-0.2, -0.15) is 5.26 Å². The van der Waals surface area contributed by atoms with E-state index in [4.69, 9.17) is 33.2 Å². The zero-order chi connectivity index (χ0) is 20.1. The van der Waals surface area contributed by atoms with Crippen molar-refractivity contribution in [3.63, 3.8) is 0 Å². The summed E-state index contributed by atoms with van der Waals surface area (Å²) in [7, 11) is 0. The molecule has 0 radical (unpaired) electrons. The molecule has 3 aromatic rings. The quantitative estimate of drug-likeness (QED) is 0.627. The molecule has 28 heavy (non-hydrogen) atoms. The monoisotopic (exact) mass is 415 g/mol. The normalized spacial score (nSPS) is 10.2. The molecular formula is C20H12Cl2FN3O2. The number of nitrogens with zero attached hydrogens (tertiary/aromatic N) is 2. The van der Waals surface area contributed by atoms with Gasteiger partial charge in [0.2, 0.25) is 0 Å². The van der Waals surface area contributed by atoms with E-state index in [1.165, 1.54) is 42.7 Å². The molecule has 3 rings (SSSR count). The maximum absolute atomic E-state index is 14.9. The minimum Gasteiger partial charge on any atom is -0.453 e. The molecule has 5 nitrogen and oxygen atoms in total. The average molecular weight is 416 g/mol. The first-order chi connectivity index (χ1) is 13.5. The van der Waals surface area contributed by atoms with Gasteiger partial charge in [0.15, 0.2) is 11.6 Å². The zero-order valence-electron chi connectivity index (χ0n) is 14.2. The number of carbonyl (C=O) groups is 1. The van der Waals surface area contributed by atoms with E-state index >= 15 is 0 Å². The van der Waals surface area contributed by atoms with E-state index in [-0.39, 0.29) is 45.1 Å². The summed E-state index contributed by atoms with van der Waals surface area (Å²) in [4.78, 5) is 16.0. The number of aromatic nitrogens is 1. The Morgan fingerprint density at radius 3 is 2.64 bits per heavy atom. The second kappa shape index (κ2) is 8.70. The Morgan fingerprint density at radius 1 is 1.18 bits per heavy atom. The summed E-state index contributed by atoms with van der Waals surface area (Å²) in [5.41, 5.74) is 0.855. The van der Waals surface area contributed by atoms with Crippen molar-refractivity contribution in [1.29, 1.82) is 5.26 Å². The molecule has 0 aliphatic heterocycles. The molecule has 0 atom stereocenters. The Bertz CT molecular complexity index is 1070. The van der Waals surface area contributed by atoms with Crippen molar-refractivity contribution in [3.8, 4) is 17.6 Å². The molecule has 0 unspecified atom stereocenters. The third-order valence-electron chi connectivity index (χ3n) is 3.73. The van der Waals surface area contributed by atoms with Gasteiger partial charge in [0.25, 0.3) is 5.91 Å². The number of hydrogen-bond acceptors (Lipinski definition) is 4. The predicted molar refractivity (Wildman–Crippen MR) is 103 cm³/mol. The molecule has 0 spiro atoms. The first-order valence-electron chi connectivity index (χ1n) is 8.01. The summed E-state index contributed by atoms with van der Waals surface area (Å²) in [6.07, 6.45) is 2.98.